The molecule has 0 spiro atoms. The lowest BCUT2D eigenvalue weighted by Gasteiger charge is -2.32. The second-order valence-corrected chi connectivity index (χ2v) is 6.47. The summed E-state index contributed by atoms with van der Waals surface area (Å²) in [5.41, 5.74) is 0. The van der Waals surface area contributed by atoms with Gasteiger partial charge in [0.2, 0.25) is 0 Å². The SMILES string of the molecule is Fc1cccnc1OC1CCN(CCCOC2CCCCO2)CC1. The number of piperidine rings is 1. The van der Waals surface area contributed by atoms with E-state index in [2.05, 4.69) is 9.88 Å². The standard InChI is InChI=1S/C18H27FN2O3/c19-16-5-3-9-20-18(16)24-15-7-11-21(12-8-15)10-4-14-23-17-6-1-2-13-22-17/h3,5,9,15,17H,1-2,4,6-8,10-14H2. The second kappa shape index (κ2) is 9.30. The van der Waals surface area contributed by atoms with Gasteiger partial charge in [0.25, 0.3) is 5.88 Å². The van der Waals surface area contributed by atoms with Gasteiger partial charge in [-0.25, -0.2) is 9.37 Å². The summed E-state index contributed by atoms with van der Waals surface area (Å²) in [7, 11) is 0. The maximum absolute atomic E-state index is 13.6. The van der Waals surface area contributed by atoms with Crippen molar-refractivity contribution < 1.29 is 18.6 Å². The Morgan fingerprint density at radius 3 is 2.88 bits per heavy atom. The van der Waals surface area contributed by atoms with Crippen molar-refractivity contribution in [1.82, 2.24) is 9.88 Å². The molecule has 2 fully saturated rings. The molecule has 3 heterocycles. The summed E-state index contributed by atoms with van der Waals surface area (Å²) >= 11 is 0. The molecule has 0 saturated carbocycles. The number of nitrogens with zero attached hydrogens (tertiary/aromatic N) is 2. The molecule has 134 valence electrons. The molecule has 2 saturated heterocycles. The number of rotatable bonds is 7. The number of aromatic nitrogens is 1. The average molecular weight is 338 g/mol. The maximum atomic E-state index is 13.6. The Labute approximate surface area is 143 Å². The molecule has 0 radical (unpaired) electrons. The molecule has 1 aromatic rings. The lowest BCUT2D eigenvalue weighted by molar-refractivity contribution is -0.163. The molecule has 0 bridgehead atoms. The van der Waals surface area contributed by atoms with Gasteiger partial charge in [-0.2, -0.15) is 0 Å². The molecule has 5 nitrogen and oxygen atoms in total. The van der Waals surface area contributed by atoms with E-state index >= 15 is 0 Å². The molecule has 0 aliphatic carbocycles. The lowest BCUT2D eigenvalue weighted by Crippen LogP contribution is -2.39. The minimum absolute atomic E-state index is 0.00570. The van der Waals surface area contributed by atoms with E-state index in [4.69, 9.17) is 14.2 Å². The van der Waals surface area contributed by atoms with Crippen LogP contribution in [0.25, 0.3) is 0 Å². The fraction of sp³-hybridized carbons (Fsp3) is 0.722. The van der Waals surface area contributed by atoms with Crippen molar-refractivity contribution in [3.63, 3.8) is 0 Å². The largest absolute Gasteiger partial charge is 0.472 e. The fourth-order valence-corrected chi connectivity index (χ4v) is 3.21. The van der Waals surface area contributed by atoms with Gasteiger partial charge in [0.05, 0.1) is 6.61 Å². The highest BCUT2D eigenvalue weighted by Crippen LogP contribution is 2.20. The van der Waals surface area contributed by atoms with Gasteiger partial charge in [-0.1, -0.05) is 0 Å². The zero-order valence-electron chi connectivity index (χ0n) is 14.2. The molecule has 0 aromatic carbocycles. The van der Waals surface area contributed by atoms with Crippen molar-refractivity contribution in [2.45, 2.75) is 50.9 Å². The van der Waals surface area contributed by atoms with Crippen LogP contribution in [0, 0.1) is 5.82 Å². The van der Waals surface area contributed by atoms with E-state index in [1.165, 1.54) is 12.5 Å². The van der Waals surface area contributed by atoms with Gasteiger partial charge in [-0.15, -0.1) is 0 Å². The predicted molar refractivity (Wildman–Crippen MR) is 88.4 cm³/mol. The smallest absolute Gasteiger partial charge is 0.250 e. The van der Waals surface area contributed by atoms with Crippen molar-refractivity contribution in [1.29, 1.82) is 0 Å². The van der Waals surface area contributed by atoms with Crippen LogP contribution in [0.15, 0.2) is 18.3 Å². The number of hydrogen-bond donors (Lipinski definition) is 0. The van der Waals surface area contributed by atoms with Gasteiger partial charge in [0, 0.05) is 32.4 Å². The first-order chi connectivity index (χ1) is 11.8. The number of likely N-dealkylation sites (tertiary alicyclic amines) is 1. The van der Waals surface area contributed by atoms with E-state index in [1.54, 1.807) is 12.3 Å². The Bertz CT molecular complexity index is 489. The van der Waals surface area contributed by atoms with Crippen LogP contribution in [0.2, 0.25) is 0 Å². The summed E-state index contributed by atoms with van der Waals surface area (Å²) in [4.78, 5) is 6.37. The van der Waals surface area contributed by atoms with Crippen LogP contribution >= 0.6 is 0 Å². The highest BCUT2D eigenvalue weighted by atomic mass is 19.1. The van der Waals surface area contributed by atoms with Gasteiger partial charge in [0.1, 0.15) is 6.10 Å². The maximum Gasteiger partial charge on any atom is 0.250 e. The van der Waals surface area contributed by atoms with Crippen molar-refractivity contribution in [2.24, 2.45) is 0 Å². The first kappa shape index (κ1) is 17.6. The molecule has 1 unspecified atom stereocenters. The number of halogens is 1. The molecule has 1 aromatic heterocycles. The van der Waals surface area contributed by atoms with Gasteiger partial charge in [0.15, 0.2) is 12.1 Å². The molecule has 0 amide bonds. The van der Waals surface area contributed by atoms with Crippen LogP contribution in [0.1, 0.15) is 38.5 Å². The quantitative estimate of drug-likeness (QED) is 0.715. The summed E-state index contributed by atoms with van der Waals surface area (Å²) in [6, 6.07) is 2.96. The Morgan fingerprint density at radius 1 is 1.25 bits per heavy atom. The number of hydrogen-bond acceptors (Lipinski definition) is 5. The molecule has 24 heavy (non-hydrogen) atoms. The summed E-state index contributed by atoms with van der Waals surface area (Å²) in [5.74, 6) is -0.265. The molecule has 3 rings (SSSR count). The van der Waals surface area contributed by atoms with E-state index in [0.29, 0.717) is 0 Å². The highest BCUT2D eigenvalue weighted by molar-refractivity contribution is 5.13. The van der Waals surface area contributed by atoms with Gasteiger partial charge in [-0.05, 0) is 50.7 Å². The first-order valence-corrected chi connectivity index (χ1v) is 9.04. The van der Waals surface area contributed by atoms with E-state index in [0.717, 1.165) is 65.0 Å². The third kappa shape index (κ3) is 5.40. The number of ether oxygens (including phenoxy) is 3. The van der Waals surface area contributed by atoms with Crippen molar-refractivity contribution in [3.05, 3.63) is 24.1 Å². The summed E-state index contributed by atoms with van der Waals surface area (Å²) in [6.07, 6.45) is 7.82. The monoisotopic (exact) mass is 338 g/mol. The van der Waals surface area contributed by atoms with Crippen LogP contribution in [-0.4, -0.2) is 55.1 Å². The Morgan fingerprint density at radius 2 is 2.12 bits per heavy atom. The lowest BCUT2D eigenvalue weighted by atomic mass is 10.1. The molecule has 2 aliphatic heterocycles. The van der Waals surface area contributed by atoms with Crippen LogP contribution in [-0.2, 0) is 9.47 Å². The number of pyridine rings is 1. The van der Waals surface area contributed by atoms with Crippen LogP contribution < -0.4 is 4.74 Å². The van der Waals surface area contributed by atoms with Crippen LogP contribution in [0.3, 0.4) is 0 Å². The van der Waals surface area contributed by atoms with Crippen molar-refractivity contribution in [3.8, 4) is 5.88 Å². The Hall–Kier alpha value is -1.24. The summed E-state index contributed by atoms with van der Waals surface area (Å²) < 4.78 is 30.6. The average Bonchev–Trinajstić information content (AvgIpc) is 2.63. The van der Waals surface area contributed by atoms with Gasteiger partial charge in [-0.3, -0.25) is 0 Å². The van der Waals surface area contributed by atoms with Crippen molar-refractivity contribution in [2.75, 3.05) is 32.8 Å². The highest BCUT2D eigenvalue weighted by Gasteiger charge is 2.22. The van der Waals surface area contributed by atoms with E-state index < -0.39 is 0 Å². The van der Waals surface area contributed by atoms with E-state index in [9.17, 15) is 4.39 Å². The van der Waals surface area contributed by atoms with E-state index in [-0.39, 0.29) is 24.1 Å². The first-order valence-electron chi connectivity index (χ1n) is 9.04. The Kier molecular flexibility index (Phi) is 6.81. The molecular weight excluding hydrogens is 311 g/mol. The molecule has 1 atom stereocenters. The minimum Gasteiger partial charge on any atom is -0.472 e. The van der Waals surface area contributed by atoms with Crippen molar-refractivity contribution >= 4 is 0 Å². The Balaban J connectivity index is 1.28. The minimum atomic E-state index is -0.387. The zero-order chi connectivity index (χ0) is 16.6. The second-order valence-electron chi connectivity index (χ2n) is 6.47. The predicted octanol–water partition coefficient (Wildman–Crippen LogP) is 3.00. The van der Waals surface area contributed by atoms with Crippen LogP contribution in [0.4, 0.5) is 4.39 Å². The summed E-state index contributed by atoms with van der Waals surface area (Å²) in [5, 5.41) is 0. The normalized spacial score (nSPS) is 23.3. The van der Waals surface area contributed by atoms with E-state index in [1.807, 2.05) is 0 Å². The third-order valence-electron chi connectivity index (χ3n) is 4.60. The zero-order valence-corrected chi connectivity index (χ0v) is 14.2. The third-order valence-corrected chi connectivity index (χ3v) is 4.60. The molecule has 2 aliphatic rings. The molecule has 6 heteroatoms. The molecule has 0 N–H and O–H groups in total. The topological polar surface area (TPSA) is 43.8 Å². The molecular formula is C18H27FN2O3. The van der Waals surface area contributed by atoms with Crippen LogP contribution in [0.5, 0.6) is 5.88 Å². The van der Waals surface area contributed by atoms with Gasteiger partial charge >= 0.3 is 0 Å². The fourth-order valence-electron chi connectivity index (χ4n) is 3.21. The van der Waals surface area contributed by atoms with Gasteiger partial charge < -0.3 is 19.1 Å². The summed E-state index contributed by atoms with van der Waals surface area (Å²) in [6.45, 7) is 4.55.